The van der Waals surface area contributed by atoms with Crippen molar-refractivity contribution in [3.05, 3.63) is 84.6 Å². The van der Waals surface area contributed by atoms with Gasteiger partial charge in [-0.3, -0.25) is 0 Å². The number of hydrogen-bond donors (Lipinski definition) is 3. The topological polar surface area (TPSA) is 109 Å². The quantitative estimate of drug-likeness (QED) is 0.403. The zero-order chi connectivity index (χ0) is 22.9. The number of rotatable bonds is 5. The second kappa shape index (κ2) is 8.14. The Balaban J connectivity index is 1.57. The van der Waals surface area contributed by atoms with Crippen molar-refractivity contribution >= 4 is 32.5 Å². The maximum Gasteiger partial charge on any atom is 0.333 e. The SMILES string of the molecule is CC(C)(O)c1coc(S(=O)(=O)NC(=O)Nc2ccccc2-c2ccc3ccccc3c2)c1. The van der Waals surface area contributed by atoms with Crippen molar-refractivity contribution in [2.75, 3.05) is 5.32 Å². The Morgan fingerprint density at radius 3 is 2.34 bits per heavy atom. The van der Waals surface area contributed by atoms with Crippen molar-refractivity contribution in [1.29, 1.82) is 0 Å². The standard InChI is InChI=1S/C24H22N2O5S/c1-24(2,28)19-14-22(31-15-19)32(29,30)26-23(27)25-21-10-6-5-9-20(21)18-12-11-16-7-3-4-8-17(16)13-18/h3-15,28H,1-2H3,(H2,25,26,27). The number of amides is 2. The molecule has 0 radical (unpaired) electrons. The van der Waals surface area contributed by atoms with Gasteiger partial charge in [-0.25, -0.2) is 9.52 Å². The average Bonchev–Trinajstić information content (AvgIpc) is 3.25. The molecule has 3 N–H and O–H groups in total. The van der Waals surface area contributed by atoms with E-state index in [1.54, 1.807) is 12.1 Å². The Morgan fingerprint density at radius 1 is 0.938 bits per heavy atom. The molecule has 0 spiro atoms. The van der Waals surface area contributed by atoms with Crippen LogP contribution in [0.2, 0.25) is 0 Å². The van der Waals surface area contributed by atoms with Gasteiger partial charge in [0.1, 0.15) is 0 Å². The number of fused-ring (bicyclic) bond motifs is 1. The van der Waals surface area contributed by atoms with Gasteiger partial charge >= 0.3 is 6.03 Å². The van der Waals surface area contributed by atoms with Crippen LogP contribution in [-0.4, -0.2) is 19.6 Å². The molecule has 0 unspecified atom stereocenters. The Kier molecular flexibility index (Phi) is 5.50. The van der Waals surface area contributed by atoms with Gasteiger partial charge in [0.05, 0.1) is 17.6 Å². The summed E-state index contributed by atoms with van der Waals surface area (Å²) in [7, 11) is -4.27. The number of benzene rings is 3. The first-order valence-corrected chi connectivity index (χ1v) is 11.4. The van der Waals surface area contributed by atoms with E-state index >= 15 is 0 Å². The summed E-state index contributed by atoms with van der Waals surface area (Å²) in [5, 5.41) is 14.3. The minimum atomic E-state index is -4.27. The molecule has 32 heavy (non-hydrogen) atoms. The molecule has 0 atom stereocenters. The Labute approximate surface area is 185 Å². The molecule has 1 aromatic heterocycles. The molecule has 4 aromatic rings. The molecule has 1 heterocycles. The molecule has 0 aliphatic carbocycles. The van der Waals surface area contributed by atoms with Crippen LogP contribution in [0.1, 0.15) is 19.4 Å². The summed E-state index contributed by atoms with van der Waals surface area (Å²) in [4.78, 5) is 12.5. The third-order valence-corrected chi connectivity index (χ3v) is 6.21. The fraction of sp³-hybridized carbons (Fsp3) is 0.125. The van der Waals surface area contributed by atoms with Crippen LogP contribution in [0, 0.1) is 0 Å². The lowest BCUT2D eigenvalue weighted by Gasteiger charge is -2.13. The van der Waals surface area contributed by atoms with E-state index in [0.717, 1.165) is 28.2 Å². The van der Waals surface area contributed by atoms with E-state index in [0.29, 0.717) is 5.69 Å². The monoisotopic (exact) mass is 450 g/mol. The van der Waals surface area contributed by atoms with Crippen LogP contribution >= 0.6 is 0 Å². The number of carbonyl (C=O) groups excluding carboxylic acids is 1. The molecule has 0 bridgehead atoms. The third kappa shape index (κ3) is 4.51. The number of nitrogens with one attached hydrogen (secondary N) is 2. The third-order valence-electron chi connectivity index (χ3n) is 5.01. The van der Waals surface area contributed by atoms with E-state index < -0.39 is 26.7 Å². The smallest absolute Gasteiger partial charge is 0.333 e. The highest BCUT2D eigenvalue weighted by molar-refractivity contribution is 7.89. The van der Waals surface area contributed by atoms with E-state index in [1.165, 1.54) is 19.9 Å². The molecule has 4 rings (SSSR count). The average molecular weight is 451 g/mol. The van der Waals surface area contributed by atoms with Crippen LogP contribution in [0.5, 0.6) is 0 Å². The van der Waals surface area contributed by atoms with Crippen molar-refractivity contribution in [1.82, 2.24) is 4.72 Å². The van der Waals surface area contributed by atoms with E-state index in [2.05, 4.69) is 5.32 Å². The number of carbonyl (C=O) groups is 1. The predicted molar refractivity (Wildman–Crippen MR) is 123 cm³/mol. The molecule has 0 aliphatic heterocycles. The molecule has 0 fully saturated rings. The number of furan rings is 1. The summed E-state index contributed by atoms with van der Waals surface area (Å²) in [6.45, 7) is 3.00. The van der Waals surface area contributed by atoms with Crippen molar-refractivity contribution in [2.24, 2.45) is 0 Å². The fourth-order valence-corrected chi connectivity index (χ4v) is 4.15. The molecule has 164 valence electrons. The van der Waals surface area contributed by atoms with Gasteiger partial charge in [-0.15, -0.1) is 0 Å². The number of hydrogen-bond acceptors (Lipinski definition) is 5. The van der Waals surface area contributed by atoms with Gasteiger partial charge in [0.15, 0.2) is 0 Å². The largest absolute Gasteiger partial charge is 0.451 e. The van der Waals surface area contributed by atoms with Crippen LogP contribution in [0.3, 0.4) is 0 Å². The van der Waals surface area contributed by atoms with Gasteiger partial charge in [-0.05, 0) is 42.3 Å². The number of para-hydroxylation sites is 1. The van der Waals surface area contributed by atoms with Crippen LogP contribution in [0.4, 0.5) is 10.5 Å². The molecule has 3 aromatic carbocycles. The molecular formula is C24H22N2O5S. The van der Waals surface area contributed by atoms with Gasteiger partial charge in [-0.2, -0.15) is 8.42 Å². The van der Waals surface area contributed by atoms with E-state index in [4.69, 9.17) is 4.42 Å². The lowest BCUT2D eigenvalue weighted by molar-refractivity contribution is 0.0779. The van der Waals surface area contributed by atoms with Crippen LogP contribution in [-0.2, 0) is 15.6 Å². The van der Waals surface area contributed by atoms with E-state index in [1.807, 2.05) is 59.3 Å². The van der Waals surface area contributed by atoms with Gasteiger partial charge in [-0.1, -0.05) is 54.6 Å². The van der Waals surface area contributed by atoms with Gasteiger partial charge in [0.25, 0.3) is 10.0 Å². The number of sulfonamides is 1. The van der Waals surface area contributed by atoms with Crippen molar-refractivity contribution in [3.63, 3.8) is 0 Å². The zero-order valence-corrected chi connectivity index (χ0v) is 18.3. The predicted octanol–water partition coefficient (Wildman–Crippen LogP) is 4.84. The highest BCUT2D eigenvalue weighted by Crippen LogP contribution is 2.30. The van der Waals surface area contributed by atoms with Crippen molar-refractivity contribution < 1.29 is 22.7 Å². The lowest BCUT2D eigenvalue weighted by atomic mass is 10.00. The first kappa shape index (κ1) is 21.6. The molecule has 0 saturated heterocycles. The lowest BCUT2D eigenvalue weighted by Crippen LogP contribution is -2.34. The highest BCUT2D eigenvalue weighted by atomic mass is 32.2. The Bertz CT molecular complexity index is 1400. The summed E-state index contributed by atoms with van der Waals surface area (Å²) < 4.78 is 32.0. The maximum atomic E-state index is 12.5. The van der Waals surface area contributed by atoms with Gasteiger partial charge in [0, 0.05) is 17.2 Å². The summed E-state index contributed by atoms with van der Waals surface area (Å²) in [5.74, 6) is 0. The molecule has 7 nitrogen and oxygen atoms in total. The first-order chi connectivity index (χ1) is 15.1. The van der Waals surface area contributed by atoms with Gasteiger partial charge in [0.2, 0.25) is 5.09 Å². The van der Waals surface area contributed by atoms with E-state index in [9.17, 15) is 18.3 Å². The fourth-order valence-electron chi connectivity index (χ4n) is 3.30. The summed E-state index contributed by atoms with van der Waals surface area (Å²) in [6.07, 6.45) is 1.14. The van der Waals surface area contributed by atoms with Gasteiger partial charge < -0.3 is 14.8 Å². The minimum absolute atomic E-state index is 0.278. The van der Waals surface area contributed by atoms with Crippen LogP contribution in [0.15, 0.2) is 88.6 Å². The molecule has 0 saturated carbocycles. The number of aliphatic hydroxyl groups is 1. The zero-order valence-electron chi connectivity index (χ0n) is 17.5. The highest BCUT2D eigenvalue weighted by Gasteiger charge is 2.26. The van der Waals surface area contributed by atoms with Crippen LogP contribution < -0.4 is 10.0 Å². The Morgan fingerprint density at radius 2 is 1.62 bits per heavy atom. The van der Waals surface area contributed by atoms with Crippen molar-refractivity contribution in [2.45, 2.75) is 24.5 Å². The minimum Gasteiger partial charge on any atom is -0.451 e. The Hall–Kier alpha value is -3.62. The summed E-state index contributed by atoms with van der Waals surface area (Å²) >= 11 is 0. The first-order valence-electron chi connectivity index (χ1n) is 9.87. The second-order valence-corrected chi connectivity index (χ2v) is 9.49. The molecule has 0 aliphatic rings. The van der Waals surface area contributed by atoms with Crippen molar-refractivity contribution in [3.8, 4) is 11.1 Å². The summed E-state index contributed by atoms with van der Waals surface area (Å²) in [6, 6.07) is 21.2. The van der Waals surface area contributed by atoms with E-state index in [-0.39, 0.29) is 5.56 Å². The molecular weight excluding hydrogens is 428 g/mol. The normalized spacial score (nSPS) is 12.0. The van der Waals surface area contributed by atoms with Crippen LogP contribution in [0.25, 0.3) is 21.9 Å². The maximum absolute atomic E-state index is 12.5. The number of urea groups is 1. The molecule has 8 heteroatoms. The molecule has 2 amide bonds. The second-order valence-electron chi connectivity index (χ2n) is 7.88. The summed E-state index contributed by atoms with van der Waals surface area (Å²) in [5.41, 5.74) is 1.07. The number of anilines is 1.